The van der Waals surface area contributed by atoms with Gasteiger partial charge in [-0.15, -0.1) is 0 Å². The van der Waals surface area contributed by atoms with Gasteiger partial charge in [0.2, 0.25) is 0 Å². The summed E-state index contributed by atoms with van der Waals surface area (Å²) in [4.78, 5) is 25.2. The first-order valence-electron chi connectivity index (χ1n) is 11.0. The molecule has 0 radical (unpaired) electrons. The zero-order valence-electron chi connectivity index (χ0n) is 20.0. The highest BCUT2D eigenvalue weighted by atomic mass is 35.5. The van der Waals surface area contributed by atoms with Crippen molar-refractivity contribution in [3.8, 4) is 11.8 Å². The normalized spacial score (nSPS) is 10.9. The number of ether oxygens (including phenoxy) is 1. The van der Waals surface area contributed by atoms with Crippen LogP contribution in [0.1, 0.15) is 27.8 Å². The maximum atomic E-state index is 12.8. The summed E-state index contributed by atoms with van der Waals surface area (Å²) in [6, 6.07) is 17.9. The number of carbonyl (C=O) groups excluding carboxylic acids is 2. The van der Waals surface area contributed by atoms with Gasteiger partial charge in [0.25, 0.3) is 11.8 Å². The Morgan fingerprint density at radius 2 is 1.71 bits per heavy atom. The zero-order valence-corrected chi connectivity index (χ0v) is 20.8. The molecular formula is C28H26ClN3O3. The van der Waals surface area contributed by atoms with Crippen molar-refractivity contribution in [3.63, 3.8) is 0 Å². The molecule has 0 spiro atoms. The highest BCUT2D eigenvalue weighted by molar-refractivity contribution is 6.30. The molecular weight excluding hydrogens is 462 g/mol. The topological polar surface area (TPSA) is 91.2 Å². The van der Waals surface area contributed by atoms with Gasteiger partial charge >= 0.3 is 0 Å². The van der Waals surface area contributed by atoms with Gasteiger partial charge in [-0.3, -0.25) is 9.59 Å². The first kappa shape index (κ1) is 25.5. The van der Waals surface area contributed by atoms with Crippen LogP contribution < -0.4 is 15.4 Å². The SMILES string of the molecule is Cc1ccc(NC(=O)/C(C#N)=C/c2cc(Cl)ccc2OCC(=O)Nc2ccc(C)c(C)c2)c(C)c1. The summed E-state index contributed by atoms with van der Waals surface area (Å²) in [7, 11) is 0. The van der Waals surface area contributed by atoms with E-state index in [0.29, 0.717) is 27.7 Å². The van der Waals surface area contributed by atoms with E-state index < -0.39 is 5.91 Å². The smallest absolute Gasteiger partial charge is 0.266 e. The van der Waals surface area contributed by atoms with Gasteiger partial charge < -0.3 is 15.4 Å². The van der Waals surface area contributed by atoms with Gasteiger partial charge in [0.15, 0.2) is 6.61 Å². The lowest BCUT2D eigenvalue weighted by molar-refractivity contribution is -0.118. The molecule has 0 unspecified atom stereocenters. The minimum atomic E-state index is -0.558. The summed E-state index contributed by atoms with van der Waals surface area (Å²) in [6.07, 6.45) is 1.39. The van der Waals surface area contributed by atoms with E-state index in [2.05, 4.69) is 10.6 Å². The molecule has 6 nitrogen and oxygen atoms in total. The predicted octanol–water partition coefficient (Wildman–Crippen LogP) is 6.14. The van der Waals surface area contributed by atoms with Crippen LogP contribution in [0.25, 0.3) is 6.08 Å². The Bertz CT molecular complexity index is 1360. The summed E-state index contributed by atoms with van der Waals surface area (Å²) >= 11 is 6.14. The van der Waals surface area contributed by atoms with Crippen molar-refractivity contribution < 1.29 is 14.3 Å². The Morgan fingerprint density at radius 3 is 2.40 bits per heavy atom. The Hall–Kier alpha value is -4.08. The van der Waals surface area contributed by atoms with Crippen molar-refractivity contribution in [2.45, 2.75) is 27.7 Å². The second kappa shape index (κ2) is 11.4. The van der Waals surface area contributed by atoms with Crippen LogP contribution in [0.3, 0.4) is 0 Å². The average Bonchev–Trinajstić information content (AvgIpc) is 2.81. The van der Waals surface area contributed by atoms with Crippen molar-refractivity contribution in [3.05, 3.63) is 93.0 Å². The fourth-order valence-corrected chi connectivity index (χ4v) is 3.55. The van der Waals surface area contributed by atoms with Crippen LogP contribution in [-0.4, -0.2) is 18.4 Å². The number of nitriles is 1. The molecule has 0 bridgehead atoms. The number of amides is 2. The summed E-state index contributed by atoms with van der Waals surface area (Å²) in [6.45, 7) is 7.55. The number of hydrogen-bond acceptors (Lipinski definition) is 4. The quantitative estimate of drug-likeness (QED) is 0.309. The van der Waals surface area contributed by atoms with Crippen molar-refractivity contribution >= 4 is 40.9 Å². The van der Waals surface area contributed by atoms with E-state index in [1.165, 1.54) is 6.08 Å². The number of nitrogens with zero attached hydrogens (tertiary/aromatic N) is 1. The largest absolute Gasteiger partial charge is 0.483 e. The second-order valence-electron chi connectivity index (χ2n) is 8.26. The molecule has 0 atom stereocenters. The lowest BCUT2D eigenvalue weighted by atomic mass is 10.1. The lowest BCUT2D eigenvalue weighted by Crippen LogP contribution is -2.20. The number of rotatable bonds is 7. The molecule has 0 aliphatic rings. The van der Waals surface area contributed by atoms with E-state index in [4.69, 9.17) is 16.3 Å². The van der Waals surface area contributed by atoms with E-state index in [1.54, 1.807) is 24.3 Å². The van der Waals surface area contributed by atoms with Crippen LogP contribution in [0, 0.1) is 39.0 Å². The minimum Gasteiger partial charge on any atom is -0.483 e. The van der Waals surface area contributed by atoms with Crippen molar-refractivity contribution in [2.24, 2.45) is 0 Å². The molecule has 2 N–H and O–H groups in total. The molecule has 7 heteroatoms. The Labute approximate surface area is 210 Å². The predicted molar refractivity (Wildman–Crippen MR) is 140 cm³/mol. The third-order valence-electron chi connectivity index (χ3n) is 5.42. The maximum absolute atomic E-state index is 12.8. The van der Waals surface area contributed by atoms with Crippen molar-refractivity contribution in [1.29, 1.82) is 5.26 Å². The van der Waals surface area contributed by atoms with E-state index in [9.17, 15) is 14.9 Å². The van der Waals surface area contributed by atoms with Crippen LogP contribution in [0.4, 0.5) is 11.4 Å². The number of anilines is 2. The van der Waals surface area contributed by atoms with E-state index >= 15 is 0 Å². The fraction of sp³-hybridized carbons (Fsp3) is 0.179. The Kier molecular flexibility index (Phi) is 8.30. The number of aryl methyl sites for hydroxylation is 4. The number of hydrogen-bond donors (Lipinski definition) is 2. The van der Waals surface area contributed by atoms with Crippen LogP contribution >= 0.6 is 11.6 Å². The maximum Gasteiger partial charge on any atom is 0.266 e. The van der Waals surface area contributed by atoms with Gasteiger partial charge in [0.05, 0.1) is 0 Å². The molecule has 3 aromatic rings. The lowest BCUT2D eigenvalue weighted by Gasteiger charge is -2.12. The molecule has 178 valence electrons. The molecule has 35 heavy (non-hydrogen) atoms. The molecule has 0 aliphatic heterocycles. The van der Waals surface area contributed by atoms with Gasteiger partial charge in [-0.05, 0) is 86.9 Å². The number of halogens is 1. The van der Waals surface area contributed by atoms with Crippen molar-refractivity contribution in [1.82, 2.24) is 0 Å². The molecule has 3 aromatic carbocycles. The van der Waals surface area contributed by atoms with E-state index in [1.807, 2.05) is 64.1 Å². The average molecular weight is 488 g/mol. The van der Waals surface area contributed by atoms with Gasteiger partial charge in [0.1, 0.15) is 17.4 Å². The zero-order chi connectivity index (χ0) is 25.5. The highest BCUT2D eigenvalue weighted by Crippen LogP contribution is 2.26. The third-order valence-corrected chi connectivity index (χ3v) is 5.65. The summed E-state index contributed by atoms with van der Waals surface area (Å²) in [5.41, 5.74) is 5.72. The van der Waals surface area contributed by atoms with Crippen molar-refractivity contribution in [2.75, 3.05) is 17.2 Å². The third kappa shape index (κ3) is 6.95. The summed E-state index contributed by atoms with van der Waals surface area (Å²) in [5.74, 6) is -0.583. The number of carbonyl (C=O) groups is 2. The van der Waals surface area contributed by atoms with Gasteiger partial charge in [-0.25, -0.2) is 0 Å². The van der Waals surface area contributed by atoms with Gasteiger partial charge in [-0.1, -0.05) is 35.4 Å². The molecule has 0 aromatic heterocycles. The highest BCUT2D eigenvalue weighted by Gasteiger charge is 2.14. The summed E-state index contributed by atoms with van der Waals surface area (Å²) in [5, 5.41) is 15.6. The van der Waals surface area contributed by atoms with Crippen LogP contribution in [-0.2, 0) is 9.59 Å². The first-order chi connectivity index (χ1) is 16.7. The van der Waals surface area contributed by atoms with E-state index in [-0.39, 0.29) is 18.1 Å². The molecule has 2 amide bonds. The first-order valence-corrected chi connectivity index (χ1v) is 11.3. The van der Waals surface area contributed by atoms with Crippen LogP contribution in [0.15, 0.2) is 60.2 Å². The van der Waals surface area contributed by atoms with E-state index in [0.717, 1.165) is 22.3 Å². The molecule has 0 fully saturated rings. The fourth-order valence-electron chi connectivity index (χ4n) is 3.37. The Morgan fingerprint density at radius 1 is 0.943 bits per heavy atom. The standard InChI is InChI=1S/C28H26ClN3O3/c1-17-5-9-25(20(4)11-17)32-28(34)22(15-30)13-21-14-23(29)7-10-26(21)35-16-27(33)31-24-8-6-18(2)19(3)12-24/h5-14H,16H2,1-4H3,(H,31,33)(H,32,34)/b22-13+. The number of nitrogens with one attached hydrogen (secondary N) is 2. The van der Waals surface area contributed by atoms with Crippen LogP contribution in [0.2, 0.25) is 5.02 Å². The molecule has 0 aliphatic carbocycles. The summed E-state index contributed by atoms with van der Waals surface area (Å²) < 4.78 is 5.70. The monoisotopic (exact) mass is 487 g/mol. The Balaban J connectivity index is 1.75. The number of benzene rings is 3. The second-order valence-corrected chi connectivity index (χ2v) is 8.70. The molecule has 0 heterocycles. The molecule has 3 rings (SSSR count). The van der Waals surface area contributed by atoms with Crippen LogP contribution in [0.5, 0.6) is 5.75 Å². The molecule has 0 saturated heterocycles. The van der Waals surface area contributed by atoms with Gasteiger partial charge in [-0.2, -0.15) is 5.26 Å². The minimum absolute atomic E-state index is 0.128. The van der Waals surface area contributed by atoms with Gasteiger partial charge in [0, 0.05) is 22.0 Å². The molecule has 0 saturated carbocycles.